The number of benzene rings is 2. The number of carbonyl (C=O) groups is 1. The molecule has 1 fully saturated rings. The molecule has 0 aliphatic carbocycles. The highest BCUT2D eigenvalue weighted by Gasteiger charge is 2.31. The Labute approximate surface area is 169 Å². The maximum atomic E-state index is 12.8. The Bertz CT molecular complexity index is 964. The van der Waals surface area contributed by atoms with Crippen molar-refractivity contribution in [3.05, 3.63) is 65.7 Å². The summed E-state index contributed by atoms with van der Waals surface area (Å²) in [6, 6.07) is 18.1. The van der Waals surface area contributed by atoms with E-state index in [1.54, 1.807) is 28.8 Å². The van der Waals surface area contributed by atoms with Gasteiger partial charge in [0, 0.05) is 31.9 Å². The average Bonchev–Trinajstić information content (AvgIpc) is 2.74. The number of amides is 1. The van der Waals surface area contributed by atoms with Gasteiger partial charge in [0.15, 0.2) is 0 Å². The van der Waals surface area contributed by atoms with E-state index in [9.17, 15) is 18.5 Å². The van der Waals surface area contributed by atoms with E-state index in [2.05, 4.69) is 0 Å². The lowest BCUT2D eigenvalue weighted by molar-refractivity contribution is -0.129. The second-order valence-electron chi connectivity index (χ2n) is 6.37. The molecule has 0 saturated carbocycles. The number of nitrogens with zero attached hydrogens (tertiary/aromatic N) is 3. The Balaban J connectivity index is 1.54. The van der Waals surface area contributed by atoms with Gasteiger partial charge in [0.1, 0.15) is 6.07 Å². The lowest BCUT2D eigenvalue weighted by atomic mass is 10.2. The molecule has 1 aliphatic rings. The molecule has 0 radical (unpaired) electrons. The molecule has 0 spiro atoms. The first-order valence-corrected chi connectivity index (χ1v) is 11.5. The normalized spacial score (nSPS) is 15.2. The van der Waals surface area contributed by atoms with E-state index in [0.717, 1.165) is 5.75 Å². The standard InChI is InChI=1S/C20H21N3O3S2/c21-14-18-8-4-5-9-19(18)28(25,26)23-12-10-22(11-13-23)20(24)16-27-15-17-6-2-1-3-7-17/h1-9H,10-13,15-16H2. The number of thioether (sulfide) groups is 1. The number of hydrogen-bond acceptors (Lipinski definition) is 5. The molecular formula is C20H21N3O3S2. The Morgan fingerprint density at radius 3 is 2.32 bits per heavy atom. The van der Waals surface area contributed by atoms with Crippen LogP contribution < -0.4 is 0 Å². The zero-order valence-corrected chi connectivity index (χ0v) is 17.0. The summed E-state index contributed by atoms with van der Waals surface area (Å²) in [5.74, 6) is 1.17. The molecule has 2 aromatic rings. The van der Waals surface area contributed by atoms with Crippen LogP contribution in [0.3, 0.4) is 0 Å². The largest absolute Gasteiger partial charge is 0.339 e. The third-order valence-corrected chi connectivity index (χ3v) is 7.50. The van der Waals surface area contributed by atoms with E-state index >= 15 is 0 Å². The number of rotatable bonds is 6. The quantitative estimate of drug-likeness (QED) is 0.723. The van der Waals surface area contributed by atoms with Crippen LogP contribution in [0.2, 0.25) is 0 Å². The van der Waals surface area contributed by atoms with Gasteiger partial charge in [-0.25, -0.2) is 8.42 Å². The molecule has 1 heterocycles. The zero-order chi connectivity index (χ0) is 20.0. The van der Waals surface area contributed by atoms with Crippen molar-refractivity contribution >= 4 is 27.7 Å². The second kappa shape index (κ2) is 9.24. The maximum Gasteiger partial charge on any atom is 0.244 e. The first-order valence-electron chi connectivity index (χ1n) is 8.91. The van der Waals surface area contributed by atoms with Gasteiger partial charge in [-0.1, -0.05) is 42.5 Å². The molecule has 3 rings (SSSR count). The molecule has 0 aromatic heterocycles. The molecule has 1 saturated heterocycles. The fourth-order valence-corrected chi connectivity index (χ4v) is 5.47. The third-order valence-electron chi connectivity index (χ3n) is 4.55. The first kappa shape index (κ1) is 20.4. The summed E-state index contributed by atoms with van der Waals surface area (Å²) in [5, 5.41) is 9.17. The van der Waals surface area contributed by atoms with E-state index in [1.807, 2.05) is 36.4 Å². The van der Waals surface area contributed by atoms with Crippen LogP contribution in [0.15, 0.2) is 59.5 Å². The van der Waals surface area contributed by atoms with Gasteiger partial charge in [-0.3, -0.25) is 4.79 Å². The van der Waals surface area contributed by atoms with Gasteiger partial charge in [0.25, 0.3) is 0 Å². The molecule has 28 heavy (non-hydrogen) atoms. The number of hydrogen-bond donors (Lipinski definition) is 0. The van der Waals surface area contributed by atoms with Crippen LogP contribution in [-0.4, -0.2) is 55.5 Å². The van der Waals surface area contributed by atoms with Crippen molar-refractivity contribution in [1.82, 2.24) is 9.21 Å². The van der Waals surface area contributed by atoms with Gasteiger partial charge in [0.05, 0.1) is 16.2 Å². The monoisotopic (exact) mass is 415 g/mol. The van der Waals surface area contributed by atoms with E-state index in [4.69, 9.17) is 0 Å². The van der Waals surface area contributed by atoms with Crippen molar-refractivity contribution < 1.29 is 13.2 Å². The molecule has 0 atom stereocenters. The SMILES string of the molecule is N#Cc1ccccc1S(=O)(=O)N1CCN(C(=O)CSCc2ccccc2)CC1. The van der Waals surface area contributed by atoms with Crippen molar-refractivity contribution in [1.29, 1.82) is 5.26 Å². The lowest BCUT2D eigenvalue weighted by Gasteiger charge is -2.34. The maximum absolute atomic E-state index is 12.8. The van der Waals surface area contributed by atoms with Gasteiger partial charge in [0.2, 0.25) is 15.9 Å². The van der Waals surface area contributed by atoms with Crippen LogP contribution in [0, 0.1) is 11.3 Å². The molecule has 1 amide bonds. The minimum atomic E-state index is -3.74. The minimum Gasteiger partial charge on any atom is -0.339 e. The Morgan fingerprint density at radius 1 is 1.00 bits per heavy atom. The topological polar surface area (TPSA) is 81.5 Å². The molecule has 146 valence electrons. The van der Waals surface area contributed by atoms with Gasteiger partial charge < -0.3 is 4.90 Å². The number of piperazine rings is 1. The molecule has 6 nitrogen and oxygen atoms in total. The molecule has 1 aliphatic heterocycles. The smallest absolute Gasteiger partial charge is 0.244 e. The van der Waals surface area contributed by atoms with Gasteiger partial charge in [-0.2, -0.15) is 9.57 Å². The fraction of sp³-hybridized carbons (Fsp3) is 0.300. The van der Waals surface area contributed by atoms with Crippen molar-refractivity contribution in [3.63, 3.8) is 0 Å². The summed E-state index contributed by atoms with van der Waals surface area (Å²) in [7, 11) is -3.74. The van der Waals surface area contributed by atoms with E-state index in [1.165, 1.54) is 22.0 Å². The zero-order valence-electron chi connectivity index (χ0n) is 15.3. The Morgan fingerprint density at radius 2 is 1.64 bits per heavy atom. The van der Waals surface area contributed by atoms with Crippen LogP contribution in [0.5, 0.6) is 0 Å². The highest BCUT2D eigenvalue weighted by Crippen LogP contribution is 2.21. The lowest BCUT2D eigenvalue weighted by Crippen LogP contribution is -2.51. The molecule has 0 N–H and O–H groups in total. The number of carbonyl (C=O) groups excluding carboxylic acids is 1. The summed E-state index contributed by atoms with van der Waals surface area (Å²) in [6.45, 7) is 1.19. The van der Waals surface area contributed by atoms with E-state index in [0.29, 0.717) is 18.8 Å². The third kappa shape index (κ3) is 4.73. The highest BCUT2D eigenvalue weighted by molar-refractivity contribution is 7.99. The van der Waals surface area contributed by atoms with Gasteiger partial charge in [-0.15, -0.1) is 11.8 Å². The van der Waals surface area contributed by atoms with Crippen molar-refractivity contribution in [2.75, 3.05) is 31.9 Å². The van der Waals surface area contributed by atoms with Gasteiger partial charge in [-0.05, 0) is 17.7 Å². The van der Waals surface area contributed by atoms with Crippen LogP contribution in [0.4, 0.5) is 0 Å². The number of sulfonamides is 1. The number of nitriles is 1. The first-order chi connectivity index (χ1) is 13.5. The predicted molar refractivity (Wildman–Crippen MR) is 109 cm³/mol. The van der Waals surface area contributed by atoms with Crippen molar-refractivity contribution in [2.45, 2.75) is 10.6 Å². The van der Waals surface area contributed by atoms with Crippen molar-refractivity contribution in [3.8, 4) is 6.07 Å². The molecular weight excluding hydrogens is 394 g/mol. The molecule has 0 bridgehead atoms. The van der Waals surface area contributed by atoms with Crippen LogP contribution >= 0.6 is 11.8 Å². The summed E-state index contributed by atoms with van der Waals surface area (Å²) in [6.07, 6.45) is 0. The second-order valence-corrected chi connectivity index (χ2v) is 9.26. The Kier molecular flexibility index (Phi) is 6.73. The van der Waals surface area contributed by atoms with Crippen molar-refractivity contribution in [2.24, 2.45) is 0 Å². The summed E-state index contributed by atoms with van der Waals surface area (Å²) in [5.41, 5.74) is 1.31. The summed E-state index contributed by atoms with van der Waals surface area (Å²) in [4.78, 5) is 14.1. The van der Waals surface area contributed by atoms with E-state index in [-0.39, 0.29) is 29.5 Å². The summed E-state index contributed by atoms with van der Waals surface area (Å²) >= 11 is 1.56. The van der Waals surface area contributed by atoms with E-state index < -0.39 is 10.0 Å². The molecule has 2 aromatic carbocycles. The van der Waals surface area contributed by atoms with Gasteiger partial charge >= 0.3 is 0 Å². The van der Waals surface area contributed by atoms with Crippen LogP contribution in [-0.2, 0) is 20.6 Å². The predicted octanol–water partition coefficient (Wildman–Crippen LogP) is 2.32. The molecule has 8 heteroatoms. The molecule has 0 unspecified atom stereocenters. The average molecular weight is 416 g/mol. The highest BCUT2D eigenvalue weighted by atomic mass is 32.2. The summed E-state index contributed by atoms with van der Waals surface area (Å²) < 4.78 is 27.0. The van der Waals surface area contributed by atoms with Crippen LogP contribution in [0.1, 0.15) is 11.1 Å². The van der Waals surface area contributed by atoms with Crippen LogP contribution in [0.25, 0.3) is 0 Å². The Hall–Kier alpha value is -2.34. The minimum absolute atomic E-state index is 0.0235. The fourth-order valence-electron chi connectivity index (χ4n) is 3.02.